The average Bonchev–Trinajstić information content (AvgIpc) is 2.73. The number of H-pyrrole nitrogens is 1. The van der Waals surface area contributed by atoms with Gasteiger partial charge in [-0.3, -0.25) is 14.4 Å². The highest BCUT2D eigenvalue weighted by molar-refractivity contribution is 8.00. The molecule has 0 bridgehead atoms. The van der Waals surface area contributed by atoms with Crippen LogP contribution in [0.25, 0.3) is 10.2 Å². The number of nitrogens with one attached hydrogen (secondary N) is 1. The minimum atomic E-state index is -0.590. The van der Waals surface area contributed by atoms with Crippen molar-refractivity contribution >= 4 is 45.1 Å². The number of nitrogens with zero attached hydrogens (tertiary/aromatic N) is 1. The molecule has 2 rings (SSSR count). The van der Waals surface area contributed by atoms with E-state index in [4.69, 9.17) is 11.5 Å². The monoisotopic (exact) mass is 326 g/mol. The number of hydrogen-bond acceptors (Lipinski definition) is 6. The third-order valence-electron chi connectivity index (χ3n) is 2.94. The lowest BCUT2D eigenvalue weighted by Gasteiger charge is -2.08. The fourth-order valence-corrected chi connectivity index (χ4v) is 3.83. The largest absolute Gasteiger partial charge is 0.369 e. The van der Waals surface area contributed by atoms with E-state index < -0.39 is 17.1 Å². The van der Waals surface area contributed by atoms with Gasteiger partial charge in [-0.15, -0.1) is 11.3 Å². The van der Waals surface area contributed by atoms with Crippen LogP contribution in [0, 0.1) is 6.92 Å². The Labute approximate surface area is 128 Å². The molecule has 112 valence electrons. The van der Waals surface area contributed by atoms with E-state index in [9.17, 15) is 14.4 Å². The summed E-state index contributed by atoms with van der Waals surface area (Å²) >= 11 is 2.17. The molecule has 0 radical (unpaired) electrons. The molecule has 1 atom stereocenters. The van der Waals surface area contributed by atoms with E-state index in [2.05, 4.69) is 9.97 Å². The average molecular weight is 326 g/mol. The number of aromatic nitrogens is 2. The van der Waals surface area contributed by atoms with Crippen LogP contribution in [0.1, 0.15) is 28.6 Å². The van der Waals surface area contributed by atoms with Crippen LogP contribution in [0.15, 0.2) is 9.95 Å². The van der Waals surface area contributed by atoms with Crippen molar-refractivity contribution in [2.24, 2.45) is 11.5 Å². The van der Waals surface area contributed by atoms with Gasteiger partial charge in [-0.1, -0.05) is 18.7 Å². The lowest BCUT2D eigenvalue weighted by molar-refractivity contribution is -0.117. The number of primary amides is 2. The van der Waals surface area contributed by atoms with Crippen LogP contribution in [0.5, 0.6) is 0 Å². The van der Waals surface area contributed by atoms with Crippen molar-refractivity contribution < 1.29 is 9.59 Å². The van der Waals surface area contributed by atoms with Crippen molar-refractivity contribution in [3.05, 3.63) is 20.8 Å². The van der Waals surface area contributed by atoms with E-state index in [1.807, 2.05) is 6.92 Å². The summed E-state index contributed by atoms with van der Waals surface area (Å²) in [6.45, 7) is 3.47. The molecule has 0 aliphatic carbocycles. The third-order valence-corrected chi connectivity index (χ3v) is 5.41. The normalized spacial score (nSPS) is 12.5. The maximum Gasteiger partial charge on any atom is 0.260 e. The molecule has 0 aliphatic heterocycles. The van der Waals surface area contributed by atoms with Crippen LogP contribution < -0.4 is 17.0 Å². The zero-order valence-corrected chi connectivity index (χ0v) is 13.1. The number of thiophene rings is 1. The molecular formula is C12H14N4O3S2. The minimum Gasteiger partial charge on any atom is -0.369 e. The predicted octanol–water partition coefficient (Wildman–Crippen LogP) is 0.748. The Hall–Kier alpha value is -1.87. The van der Waals surface area contributed by atoms with Crippen molar-refractivity contribution in [2.45, 2.75) is 30.7 Å². The standard InChI is InChI=1S/C12H14N4O3S2/c1-3-5(8(13)17)20-12-15-10(19)6-4(2)7(9(14)18)21-11(6)16-12/h5H,3H2,1-2H3,(H2,13,17)(H2,14,18)(H,15,16,19). The van der Waals surface area contributed by atoms with Gasteiger partial charge in [0.2, 0.25) is 5.91 Å². The quantitative estimate of drug-likeness (QED) is 0.551. The summed E-state index contributed by atoms with van der Waals surface area (Å²) in [5.41, 5.74) is 10.7. The van der Waals surface area contributed by atoms with Crippen LogP contribution in [0.4, 0.5) is 0 Å². The molecule has 0 spiro atoms. The van der Waals surface area contributed by atoms with Crippen LogP contribution in [-0.4, -0.2) is 27.0 Å². The molecule has 1 unspecified atom stereocenters. The van der Waals surface area contributed by atoms with Gasteiger partial charge < -0.3 is 16.5 Å². The van der Waals surface area contributed by atoms with E-state index in [0.29, 0.717) is 32.2 Å². The Balaban J connectivity index is 2.53. The number of amides is 2. The van der Waals surface area contributed by atoms with Crippen molar-refractivity contribution in [2.75, 3.05) is 0 Å². The number of carbonyl (C=O) groups is 2. The van der Waals surface area contributed by atoms with E-state index in [1.54, 1.807) is 6.92 Å². The molecule has 9 heteroatoms. The van der Waals surface area contributed by atoms with Crippen molar-refractivity contribution in [3.63, 3.8) is 0 Å². The highest BCUT2D eigenvalue weighted by Crippen LogP contribution is 2.29. The summed E-state index contributed by atoms with van der Waals surface area (Å²) in [5.74, 6) is -1.06. The first kappa shape index (κ1) is 15.5. The molecule has 7 nitrogen and oxygen atoms in total. The highest BCUT2D eigenvalue weighted by Gasteiger charge is 2.20. The molecule has 0 saturated carbocycles. The van der Waals surface area contributed by atoms with Crippen LogP contribution in [0.3, 0.4) is 0 Å². The zero-order chi connectivity index (χ0) is 15.7. The van der Waals surface area contributed by atoms with E-state index in [-0.39, 0.29) is 5.56 Å². The number of fused-ring (bicyclic) bond motifs is 1. The predicted molar refractivity (Wildman–Crippen MR) is 82.6 cm³/mol. The van der Waals surface area contributed by atoms with Gasteiger partial charge in [0.25, 0.3) is 11.5 Å². The smallest absolute Gasteiger partial charge is 0.260 e. The second-order valence-corrected chi connectivity index (χ2v) is 6.58. The Morgan fingerprint density at radius 2 is 2.10 bits per heavy atom. The summed E-state index contributed by atoms with van der Waals surface area (Å²) in [7, 11) is 0. The summed E-state index contributed by atoms with van der Waals surface area (Å²) in [6.07, 6.45) is 0.526. The van der Waals surface area contributed by atoms with Gasteiger partial charge in [0, 0.05) is 0 Å². The van der Waals surface area contributed by atoms with E-state index >= 15 is 0 Å². The van der Waals surface area contributed by atoms with Crippen LogP contribution in [-0.2, 0) is 4.79 Å². The first-order valence-corrected chi connectivity index (χ1v) is 7.84. The first-order valence-electron chi connectivity index (χ1n) is 6.14. The van der Waals surface area contributed by atoms with Crippen molar-refractivity contribution in [1.82, 2.24) is 9.97 Å². The minimum absolute atomic E-state index is 0.301. The number of nitrogens with two attached hydrogens (primary N) is 2. The molecule has 0 saturated heterocycles. The van der Waals surface area contributed by atoms with Gasteiger partial charge in [-0.05, 0) is 18.9 Å². The van der Waals surface area contributed by atoms with Gasteiger partial charge in [0.05, 0.1) is 15.5 Å². The molecule has 0 fully saturated rings. The zero-order valence-electron chi connectivity index (χ0n) is 11.4. The molecule has 2 aromatic rings. The van der Waals surface area contributed by atoms with Gasteiger partial charge in [-0.25, -0.2) is 4.98 Å². The van der Waals surface area contributed by atoms with Crippen LogP contribution in [0.2, 0.25) is 0 Å². The molecule has 2 amide bonds. The topological polar surface area (TPSA) is 132 Å². The molecule has 0 aliphatic rings. The Morgan fingerprint density at radius 3 is 2.62 bits per heavy atom. The van der Waals surface area contributed by atoms with E-state index in [1.165, 1.54) is 0 Å². The lowest BCUT2D eigenvalue weighted by atomic mass is 10.2. The third kappa shape index (κ3) is 2.93. The fourth-order valence-electron chi connectivity index (χ4n) is 1.89. The van der Waals surface area contributed by atoms with Crippen molar-refractivity contribution in [1.29, 1.82) is 0 Å². The summed E-state index contributed by atoms with van der Waals surface area (Å²) in [4.78, 5) is 42.3. The number of hydrogen-bond donors (Lipinski definition) is 3. The van der Waals surface area contributed by atoms with Gasteiger partial charge in [0.1, 0.15) is 4.83 Å². The second kappa shape index (κ2) is 5.86. The van der Waals surface area contributed by atoms with Crippen molar-refractivity contribution in [3.8, 4) is 0 Å². The molecule has 2 heterocycles. The maximum absolute atomic E-state index is 12.1. The molecule has 21 heavy (non-hydrogen) atoms. The Bertz CT molecular complexity index is 781. The number of carbonyl (C=O) groups excluding carboxylic acids is 2. The lowest BCUT2D eigenvalue weighted by Crippen LogP contribution is -2.25. The highest BCUT2D eigenvalue weighted by atomic mass is 32.2. The van der Waals surface area contributed by atoms with Gasteiger partial charge >= 0.3 is 0 Å². The second-order valence-electron chi connectivity index (χ2n) is 4.39. The molecule has 2 aromatic heterocycles. The SMILES string of the molecule is CCC(Sc1nc2sc(C(N)=O)c(C)c2c(=O)[nH]1)C(N)=O. The summed E-state index contributed by atoms with van der Waals surface area (Å²) in [5, 5.41) is 0.183. The summed E-state index contributed by atoms with van der Waals surface area (Å²) in [6, 6.07) is 0. The van der Waals surface area contributed by atoms with Crippen LogP contribution >= 0.6 is 23.1 Å². The van der Waals surface area contributed by atoms with Gasteiger partial charge in [0.15, 0.2) is 5.16 Å². The summed E-state index contributed by atoms with van der Waals surface area (Å²) < 4.78 is 0. The number of thioether (sulfide) groups is 1. The molecular weight excluding hydrogens is 312 g/mol. The molecule has 5 N–H and O–H groups in total. The number of rotatable bonds is 5. The first-order chi connectivity index (χ1) is 9.85. The number of aryl methyl sites for hydroxylation is 1. The number of aromatic amines is 1. The van der Waals surface area contributed by atoms with Gasteiger partial charge in [-0.2, -0.15) is 0 Å². The maximum atomic E-state index is 12.1. The Kier molecular flexibility index (Phi) is 4.33. The molecule has 0 aromatic carbocycles. The Morgan fingerprint density at radius 1 is 1.43 bits per heavy atom. The fraction of sp³-hybridized carbons (Fsp3) is 0.333. The van der Waals surface area contributed by atoms with E-state index in [0.717, 1.165) is 23.1 Å².